The van der Waals surface area contributed by atoms with Crippen molar-refractivity contribution in [2.45, 2.75) is 39.5 Å². The molecule has 0 unspecified atom stereocenters. The molecule has 0 spiro atoms. The van der Waals surface area contributed by atoms with Gasteiger partial charge in [0.15, 0.2) is 0 Å². The highest BCUT2D eigenvalue weighted by Gasteiger charge is 2.30. The summed E-state index contributed by atoms with van der Waals surface area (Å²) in [6.45, 7) is 6.14. The van der Waals surface area contributed by atoms with Crippen LogP contribution in [0.3, 0.4) is 0 Å². The number of rotatable bonds is 3. The summed E-state index contributed by atoms with van der Waals surface area (Å²) in [7, 11) is 4.26. The van der Waals surface area contributed by atoms with Crippen molar-refractivity contribution in [1.29, 1.82) is 0 Å². The monoisotopic (exact) mass is 360 g/mol. The summed E-state index contributed by atoms with van der Waals surface area (Å²) in [5.41, 5.74) is 9.08. The van der Waals surface area contributed by atoms with Gasteiger partial charge in [0, 0.05) is 37.3 Å². The van der Waals surface area contributed by atoms with E-state index in [2.05, 4.69) is 59.7 Å². The molecule has 1 aliphatic rings. The summed E-state index contributed by atoms with van der Waals surface area (Å²) in [6, 6.07) is 6.63. The first-order valence-corrected chi connectivity index (χ1v) is 9.51. The molecule has 0 saturated heterocycles. The van der Waals surface area contributed by atoms with Crippen molar-refractivity contribution < 1.29 is 4.52 Å². The highest BCUT2D eigenvalue weighted by Crippen LogP contribution is 2.43. The first-order valence-electron chi connectivity index (χ1n) is 9.51. The fraction of sp³-hybridized carbons (Fsp3) is 0.364. The summed E-state index contributed by atoms with van der Waals surface area (Å²) in [5, 5.41) is 4.16. The Balaban J connectivity index is 1.88. The van der Waals surface area contributed by atoms with E-state index >= 15 is 0 Å². The Labute approximate surface area is 158 Å². The molecule has 0 radical (unpaired) electrons. The van der Waals surface area contributed by atoms with E-state index in [-0.39, 0.29) is 0 Å². The smallest absolute Gasteiger partial charge is 0.141 e. The second-order valence-electron chi connectivity index (χ2n) is 7.85. The van der Waals surface area contributed by atoms with E-state index in [9.17, 15) is 0 Å². The molecule has 1 aliphatic carbocycles. The summed E-state index contributed by atoms with van der Waals surface area (Å²) in [6.07, 6.45) is 4.61. The molecule has 0 N–H and O–H groups in total. The fourth-order valence-electron chi connectivity index (χ4n) is 4.35. The number of imidazole rings is 1. The van der Waals surface area contributed by atoms with Crippen LogP contribution in [0, 0.1) is 20.8 Å². The van der Waals surface area contributed by atoms with Crippen LogP contribution in [0.25, 0.3) is 33.4 Å². The van der Waals surface area contributed by atoms with E-state index in [0.717, 1.165) is 28.1 Å². The van der Waals surface area contributed by atoms with Crippen LogP contribution in [-0.2, 0) is 14.1 Å². The third-order valence-corrected chi connectivity index (χ3v) is 5.80. The molecule has 3 aromatic heterocycles. The lowest BCUT2D eigenvalue weighted by Gasteiger charge is -2.12. The van der Waals surface area contributed by atoms with Gasteiger partial charge in [0.05, 0.1) is 22.4 Å². The second kappa shape index (κ2) is 5.59. The summed E-state index contributed by atoms with van der Waals surface area (Å²) >= 11 is 0. The average molecular weight is 360 g/mol. The molecule has 138 valence electrons. The van der Waals surface area contributed by atoms with Gasteiger partial charge in [0.25, 0.3) is 0 Å². The quantitative estimate of drug-likeness (QED) is 0.514. The predicted octanol–water partition coefficient (Wildman–Crippen LogP) is 5.04. The zero-order valence-corrected chi connectivity index (χ0v) is 16.5. The molecular weight excluding hydrogens is 336 g/mol. The zero-order chi connectivity index (χ0) is 18.9. The Morgan fingerprint density at radius 3 is 2.48 bits per heavy atom. The van der Waals surface area contributed by atoms with E-state index < -0.39 is 0 Å². The van der Waals surface area contributed by atoms with Crippen LogP contribution >= 0.6 is 0 Å². The summed E-state index contributed by atoms with van der Waals surface area (Å²) < 4.78 is 9.93. The Kier molecular flexibility index (Phi) is 3.39. The van der Waals surface area contributed by atoms with E-state index in [0.29, 0.717) is 5.92 Å². The topological polar surface area (TPSA) is 48.8 Å². The van der Waals surface area contributed by atoms with Gasteiger partial charge in [-0.15, -0.1) is 0 Å². The standard InChI is InChI=1S/C22H24N4O/c1-12-8-9-25(4)20(12)17-10-16(19-13(2)24-27-14(19)3)11-18-21(17)26(5)22(23-18)15-6-7-15/h8-11,15H,6-7H2,1-5H3. The van der Waals surface area contributed by atoms with Crippen LogP contribution in [0.4, 0.5) is 0 Å². The number of hydrogen-bond donors (Lipinski definition) is 0. The van der Waals surface area contributed by atoms with E-state index in [4.69, 9.17) is 9.51 Å². The van der Waals surface area contributed by atoms with Crippen molar-refractivity contribution in [2.75, 3.05) is 0 Å². The average Bonchev–Trinajstić information content (AvgIpc) is 3.24. The molecule has 5 heteroatoms. The van der Waals surface area contributed by atoms with Crippen molar-refractivity contribution in [2.24, 2.45) is 14.1 Å². The minimum absolute atomic E-state index is 0.604. The van der Waals surface area contributed by atoms with Crippen LogP contribution in [0.2, 0.25) is 0 Å². The number of nitrogens with zero attached hydrogens (tertiary/aromatic N) is 4. The SMILES string of the molecule is Cc1ccn(C)c1-c1cc(-c2c(C)noc2C)cc2nc(C3CC3)n(C)c12. The van der Waals surface area contributed by atoms with Gasteiger partial charge >= 0.3 is 0 Å². The predicted molar refractivity (Wildman–Crippen MR) is 107 cm³/mol. The molecule has 27 heavy (non-hydrogen) atoms. The molecule has 0 amide bonds. The second-order valence-corrected chi connectivity index (χ2v) is 7.85. The maximum absolute atomic E-state index is 5.44. The summed E-state index contributed by atoms with van der Waals surface area (Å²) in [5.74, 6) is 2.65. The highest BCUT2D eigenvalue weighted by atomic mass is 16.5. The van der Waals surface area contributed by atoms with Gasteiger partial charge < -0.3 is 13.7 Å². The largest absolute Gasteiger partial charge is 0.361 e. The van der Waals surface area contributed by atoms with Crippen molar-refractivity contribution in [3.63, 3.8) is 0 Å². The van der Waals surface area contributed by atoms with Crippen LogP contribution in [0.15, 0.2) is 28.9 Å². The van der Waals surface area contributed by atoms with Gasteiger partial charge in [-0.2, -0.15) is 0 Å². The third kappa shape index (κ3) is 2.37. The Morgan fingerprint density at radius 1 is 1.11 bits per heavy atom. The Hall–Kier alpha value is -2.82. The van der Waals surface area contributed by atoms with Gasteiger partial charge in [0.2, 0.25) is 0 Å². The van der Waals surface area contributed by atoms with Crippen molar-refractivity contribution in [1.82, 2.24) is 19.3 Å². The van der Waals surface area contributed by atoms with E-state index in [1.165, 1.54) is 41.0 Å². The first-order chi connectivity index (χ1) is 13.0. The minimum atomic E-state index is 0.604. The molecule has 4 aromatic rings. The molecule has 1 aromatic carbocycles. The minimum Gasteiger partial charge on any atom is -0.361 e. The lowest BCUT2D eigenvalue weighted by molar-refractivity contribution is 0.393. The van der Waals surface area contributed by atoms with Gasteiger partial charge in [-0.3, -0.25) is 0 Å². The summed E-state index contributed by atoms with van der Waals surface area (Å²) in [4.78, 5) is 5.04. The van der Waals surface area contributed by atoms with Gasteiger partial charge in [-0.1, -0.05) is 5.16 Å². The van der Waals surface area contributed by atoms with Crippen LogP contribution in [0.5, 0.6) is 0 Å². The third-order valence-electron chi connectivity index (χ3n) is 5.80. The molecule has 1 saturated carbocycles. The molecule has 5 rings (SSSR count). The number of aromatic nitrogens is 4. The fourth-order valence-corrected chi connectivity index (χ4v) is 4.35. The number of benzene rings is 1. The molecule has 3 heterocycles. The maximum atomic E-state index is 5.44. The molecule has 1 fully saturated rings. The van der Waals surface area contributed by atoms with Crippen molar-refractivity contribution in [3.05, 3.63) is 47.2 Å². The number of aryl methyl sites for hydroxylation is 5. The van der Waals surface area contributed by atoms with Gasteiger partial charge in [-0.25, -0.2) is 4.98 Å². The van der Waals surface area contributed by atoms with Gasteiger partial charge in [-0.05, 0) is 62.9 Å². The van der Waals surface area contributed by atoms with Crippen LogP contribution < -0.4 is 0 Å². The maximum Gasteiger partial charge on any atom is 0.141 e. The van der Waals surface area contributed by atoms with Crippen molar-refractivity contribution >= 4 is 11.0 Å². The molecule has 0 aliphatic heterocycles. The zero-order valence-electron chi connectivity index (χ0n) is 16.5. The molecular formula is C22H24N4O. The highest BCUT2D eigenvalue weighted by molar-refractivity contribution is 5.97. The van der Waals surface area contributed by atoms with E-state index in [1.807, 2.05) is 13.8 Å². The van der Waals surface area contributed by atoms with Crippen LogP contribution in [-0.4, -0.2) is 19.3 Å². The Morgan fingerprint density at radius 2 is 1.89 bits per heavy atom. The Bertz CT molecular complexity index is 1150. The number of hydrogen-bond acceptors (Lipinski definition) is 3. The molecule has 5 nitrogen and oxygen atoms in total. The first kappa shape index (κ1) is 16.4. The number of fused-ring (bicyclic) bond motifs is 1. The van der Waals surface area contributed by atoms with Crippen molar-refractivity contribution in [3.8, 4) is 22.4 Å². The molecule has 0 bridgehead atoms. The lowest BCUT2D eigenvalue weighted by atomic mass is 9.97. The normalized spacial score (nSPS) is 14.4. The lowest BCUT2D eigenvalue weighted by Crippen LogP contribution is -1.99. The van der Waals surface area contributed by atoms with E-state index in [1.54, 1.807) is 0 Å². The molecule has 0 atom stereocenters. The van der Waals surface area contributed by atoms with Crippen LogP contribution in [0.1, 0.15) is 41.6 Å². The van der Waals surface area contributed by atoms with Gasteiger partial charge in [0.1, 0.15) is 11.6 Å².